The van der Waals surface area contributed by atoms with E-state index in [4.69, 9.17) is 0 Å². The fourth-order valence-corrected chi connectivity index (χ4v) is 3.61. The van der Waals surface area contributed by atoms with E-state index in [0.717, 1.165) is 44.5 Å². The number of aryl methyl sites for hydroxylation is 1. The number of nitrogens with zero attached hydrogens (tertiary/aromatic N) is 3. The lowest BCUT2D eigenvalue weighted by atomic mass is 9.70. The van der Waals surface area contributed by atoms with Crippen molar-refractivity contribution < 1.29 is 4.79 Å². The van der Waals surface area contributed by atoms with Crippen LogP contribution in [0.5, 0.6) is 0 Å². The van der Waals surface area contributed by atoms with Crippen LogP contribution in [0.4, 0.5) is 0 Å². The molecule has 6 heteroatoms. The molecule has 2 heterocycles. The van der Waals surface area contributed by atoms with E-state index in [2.05, 4.69) is 20.9 Å². The summed E-state index contributed by atoms with van der Waals surface area (Å²) in [5.74, 6) is 0.193. The highest BCUT2D eigenvalue weighted by atomic mass is 16.2. The van der Waals surface area contributed by atoms with Crippen molar-refractivity contribution in [3.05, 3.63) is 11.9 Å². The van der Waals surface area contributed by atoms with Crippen molar-refractivity contribution in [2.24, 2.45) is 5.41 Å². The molecule has 1 saturated heterocycles. The summed E-state index contributed by atoms with van der Waals surface area (Å²) >= 11 is 0. The standard InChI is InChI=1S/C14H23N5O/c1-2-19-10-11(17-18-19)9-16-13(20)14-6-4-3-5-12(14)15-8-7-14/h10,12,15H,2-9H2,1H3,(H,16,20)/t12-,14+/m0/s1. The third-order valence-corrected chi connectivity index (χ3v) is 4.79. The molecule has 3 rings (SSSR count). The minimum Gasteiger partial charge on any atom is -0.350 e. The first-order chi connectivity index (χ1) is 9.74. The Balaban J connectivity index is 1.63. The van der Waals surface area contributed by atoms with Crippen LogP contribution in [0.25, 0.3) is 0 Å². The van der Waals surface area contributed by atoms with Gasteiger partial charge < -0.3 is 10.6 Å². The number of carbonyl (C=O) groups is 1. The lowest BCUT2D eigenvalue weighted by Gasteiger charge is -2.37. The Labute approximate surface area is 119 Å². The van der Waals surface area contributed by atoms with Gasteiger partial charge >= 0.3 is 0 Å². The van der Waals surface area contributed by atoms with Gasteiger partial charge in [-0.1, -0.05) is 18.1 Å². The SMILES string of the molecule is CCn1cc(CNC(=O)[C@@]23CCCC[C@@H]2NCC3)nn1. The molecule has 1 aromatic heterocycles. The molecule has 2 atom stereocenters. The zero-order valence-electron chi connectivity index (χ0n) is 12.1. The predicted molar refractivity (Wildman–Crippen MR) is 74.9 cm³/mol. The van der Waals surface area contributed by atoms with Crippen molar-refractivity contribution in [2.75, 3.05) is 6.54 Å². The largest absolute Gasteiger partial charge is 0.350 e. The summed E-state index contributed by atoms with van der Waals surface area (Å²) in [4.78, 5) is 12.6. The number of nitrogens with one attached hydrogen (secondary N) is 2. The fourth-order valence-electron chi connectivity index (χ4n) is 3.61. The highest BCUT2D eigenvalue weighted by molar-refractivity contribution is 5.84. The van der Waals surface area contributed by atoms with Crippen molar-refractivity contribution in [2.45, 2.75) is 58.2 Å². The van der Waals surface area contributed by atoms with Gasteiger partial charge in [-0.15, -0.1) is 5.10 Å². The van der Waals surface area contributed by atoms with Crippen LogP contribution in [-0.2, 0) is 17.9 Å². The molecular weight excluding hydrogens is 254 g/mol. The monoisotopic (exact) mass is 277 g/mol. The molecule has 0 aromatic carbocycles. The van der Waals surface area contributed by atoms with Crippen LogP contribution in [0.2, 0.25) is 0 Å². The van der Waals surface area contributed by atoms with Crippen LogP contribution in [0, 0.1) is 5.41 Å². The first kappa shape index (κ1) is 13.5. The number of amides is 1. The van der Waals surface area contributed by atoms with Gasteiger partial charge in [0.2, 0.25) is 5.91 Å². The molecule has 1 saturated carbocycles. The molecule has 110 valence electrons. The van der Waals surface area contributed by atoms with Gasteiger partial charge in [-0.25, -0.2) is 0 Å². The average molecular weight is 277 g/mol. The summed E-state index contributed by atoms with van der Waals surface area (Å²) in [6, 6.07) is 0.363. The molecular formula is C14H23N5O. The predicted octanol–water partition coefficient (Wildman–Crippen LogP) is 0.837. The topological polar surface area (TPSA) is 71.8 Å². The van der Waals surface area contributed by atoms with Crippen LogP contribution in [-0.4, -0.2) is 33.5 Å². The lowest BCUT2D eigenvalue weighted by Crippen LogP contribution is -2.50. The first-order valence-corrected chi connectivity index (χ1v) is 7.65. The highest BCUT2D eigenvalue weighted by Crippen LogP contribution is 2.42. The fraction of sp³-hybridized carbons (Fsp3) is 0.786. The van der Waals surface area contributed by atoms with Crippen LogP contribution in [0.3, 0.4) is 0 Å². The van der Waals surface area contributed by atoms with Crippen LogP contribution in [0.1, 0.15) is 44.7 Å². The zero-order valence-corrected chi connectivity index (χ0v) is 12.1. The Morgan fingerprint density at radius 3 is 3.25 bits per heavy atom. The van der Waals surface area contributed by atoms with Crippen molar-refractivity contribution in [1.29, 1.82) is 0 Å². The molecule has 0 bridgehead atoms. The van der Waals surface area contributed by atoms with Crippen molar-refractivity contribution in [3.63, 3.8) is 0 Å². The maximum absolute atomic E-state index is 12.6. The third-order valence-electron chi connectivity index (χ3n) is 4.79. The van der Waals surface area contributed by atoms with Gasteiger partial charge in [0.05, 0.1) is 18.2 Å². The molecule has 0 spiro atoms. The molecule has 1 amide bonds. The summed E-state index contributed by atoms with van der Waals surface area (Å²) in [5.41, 5.74) is 0.647. The number of hydrogen-bond acceptors (Lipinski definition) is 4. The third kappa shape index (κ3) is 2.32. The second kappa shape index (κ2) is 5.52. The Hall–Kier alpha value is -1.43. The van der Waals surface area contributed by atoms with Gasteiger partial charge in [-0.2, -0.15) is 0 Å². The van der Waals surface area contributed by atoms with E-state index >= 15 is 0 Å². The first-order valence-electron chi connectivity index (χ1n) is 7.65. The average Bonchev–Trinajstić information content (AvgIpc) is 3.11. The van der Waals surface area contributed by atoms with Gasteiger partial charge in [0.25, 0.3) is 0 Å². The molecule has 2 fully saturated rings. The Morgan fingerprint density at radius 1 is 1.55 bits per heavy atom. The normalized spacial score (nSPS) is 29.1. The smallest absolute Gasteiger partial charge is 0.228 e. The van der Waals surface area contributed by atoms with E-state index in [1.807, 2.05) is 13.1 Å². The minimum atomic E-state index is -0.182. The van der Waals surface area contributed by atoms with E-state index < -0.39 is 0 Å². The molecule has 1 aliphatic carbocycles. The molecule has 0 unspecified atom stereocenters. The molecule has 0 radical (unpaired) electrons. The maximum Gasteiger partial charge on any atom is 0.228 e. The van der Waals surface area contributed by atoms with Crippen molar-refractivity contribution in [1.82, 2.24) is 25.6 Å². The molecule has 6 nitrogen and oxygen atoms in total. The molecule has 1 aromatic rings. The molecule has 2 aliphatic rings. The Kier molecular flexibility index (Phi) is 3.74. The molecule has 20 heavy (non-hydrogen) atoms. The van der Waals surface area contributed by atoms with Gasteiger partial charge in [0.15, 0.2) is 0 Å². The van der Waals surface area contributed by atoms with E-state index in [1.54, 1.807) is 4.68 Å². The summed E-state index contributed by atoms with van der Waals surface area (Å²) in [5, 5.41) is 14.6. The van der Waals surface area contributed by atoms with E-state index in [0.29, 0.717) is 12.6 Å². The summed E-state index contributed by atoms with van der Waals surface area (Å²) in [7, 11) is 0. The van der Waals surface area contributed by atoms with Crippen molar-refractivity contribution in [3.8, 4) is 0 Å². The summed E-state index contributed by atoms with van der Waals surface area (Å²) < 4.78 is 1.78. The minimum absolute atomic E-state index is 0.182. The van der Waals surface area contributed by atoms with Gasteiger partial charge in [0, 0.05) is 12.6 Å². The Bertz CT molecular complexity index is 486. The second-order valence-corrected chi connectivity index (χ2v) is 5.91. The summed E-state index contributed by atoms with van der Waals surface area (Å²) in [6.45, 7) is 4.26. The van der Waals surface area contributed by atoms with Gasteiger partial charge in [0.1, 0.15) is 5.69 Å². The van der Waals surface area contributed by atoms with E-state index in [1.165, 1.54) is 6.42 Å². The van der Waals surface area contributed by atoms with E-state index in [-0.39, 0.29) is 11.3 Å². The van der Waals surface area contributed by atoms with E-state index in [9.17, 15) is 4.79 Å². The summed E-state index contributed by atoms with van der Waals surface area (Å²) in [6.07, 6.45) is 7.39. The number of rotatable bonds is 4. The Morgan fingerprint density at radius 2 is 2.45 bits per heavy atom. The van der Waals surface area contributed by atoms with Gasteiger partial charge in [-0.05, 0) is 32.7 Å². The quantitative estimate of drug-likeness (QED) is 0.855. The van der Waals surface area contributed by atoms with Crippen LogP contribution >= 0.6 is 0 Å². The number of aromatic nitrogens is 3. The zero-order chi connectivity index (χ0) is 14.0. The maximum atomic E-state index is 12.6. The lowest BCUT2D eigenvalue weighted by molar-refractivity contribution is -0.133. The van der Waals surface area contributed by atoms with Crippen LogP contribution in [0.15, 0.2) is 6.20 Å². The van der Waals surface area contributed by atoms with Crippen LogP contribution < -0.4 is 10.6 Å². The van der Waals surface area contributed by atoms with Crippen molar-refractivity contribution >= 4 is 5.91 Å². The molecule has 1 aliphatic heterocycles. The number of carbonyl (C=O) groups excluding carboxylic acids is 1. The number of fused-ring (bicyclic) bond motifs is 1. The molecule has 2 N–H and O–H groups in total. The highest BCUT2D eigenvalue weighted by Gasteiger charge is 2.49. The second-order valence-electron chi connectivity index (χ2n) is 5.91. The van der Waals surface area contributed by atoms with Gasteiger partial charge in [-0.3, -0.25) is 9.48 Å². The number of hydrogen-bond donors (Lipinski definition) is 2.